The molecule has 0 saturated carbocycles. The summed E-state index contributed by atoms with van der Waals surface area (Å²) in [6, 6.07) is 10.8. The van der Waals surface area contributed by atoms with Gasteiger partial charge in [-0.15, -0.1) is 0 Å². The van der Waals surface area contributed by atoms with Crippen LogP contribution in [0.15, 0.2) is 42.6 Å². The van der Waals surface area contributed by atoms with Crippen molar-refractivity contribution in [2.24, 2.45) is 0 Å². The van der Waals surface area contributed by atoms with E-state index in [2.05, 4.69) is 54.6 Å². The predicted molar refractivity (Wildman–Crippen MR) is 60.2 cm³/mol. The molecule has 1 aliphatic heterocycles. The Labute approximate surface area is 86.1 Å². The highest BCUT2D eigenvalue weighted by molar-refractivity contribution is 5.20. The summed E-state index contributed by atoms with van der Waals surface area (Å²) in [5.41, 5.74) is 1.48. The molecule has 0 bridgehead atoms. The molecular formula is C13H17N. The summed E-state index contributed by atoms with van der Waals surface area (Å²) in [7, 11) is 2.14. The molecule has 1 aliphatic rings. The molecule has 0 aliphatic carbocycles. The lowest BCUT2D eigenvalue weighted by atomic mass is 9.93. The molecule has 1 heteroatoms. The van der Waals surface area contributed by atoms with Gasteiger partial charge in [0.05, 0.1) is 0 Å². The molecule has 2 rings (SSSR count). The lowest BCUT2D eigenvalue weighted by molar-refractivity contribution is 0.435. The predicted octanol–water partition coefficient (Wildman–Crippen LogP) is 3.01. The zero-order valence-electron chi connectivity index (χ0n) is 8.69. The summed E-state index contributed by atoms with van der Waals surface area (Å²) in [6.45, 7) is 1.16. The Morgan fingerprint density at radius 3 is 2.79 bits per heavy atom. The van der Waals surface area contributed by atoms with Crippen molar-refractivity contribution < 1.29 is 0 Å². The normalized spacial score (nSPS) is 22.1. The first kappa shape index (κ1) is 9.32. The van der Waals surface area contributed by atoms with E-state index in [0.717, 1.165) is 6.54 Å². The minimum Gasteiger partial charge on any atom is -0.381 e. The van der Waals surface area contributed by atoms with Gasteiger partial charge < -0.3 is 4.90 Å². The highest BCUT2D eigenvalue weighted by Gasteiger charge is 2.12. The van der Waals surface area contributed by atoms with Crippen molar-refractivity contribution in [3.05, 3.63) is 48.2 Å². The van der Waals surface area contributed by atoms with Gasteiger partial charge in [-0.1, -0.05) is 36.4 Å². The second-order valence-corrected chi connectivity index (χ2v) is 4.00. The third kappa shape index (κ3) is 2.16. The summed E-state index contributed by atoms with van der Waals surface area (Å²) < 4.78 is 0. The van der Waals surface area contributed by atoms with Crippen molar-refractivity contribution in [2.45, 2.75) is 18.8 Å². The van der Waals surface area contributed by atoms with Gasteiger partial charge in [0, 0.05) is 13.6 Å². The Morgan fingerprint density at radius 1 is 1.21 bits per heavy atom. The van der Waals surface area contributed by atoms with Gasteiger partial charge >= 0.3 is 0 Å². The van der Waals surface area contributed by atoms with E-state index in [4.69, 9.17) is 0 Å². The van der Waals surface area contributed by atoms with E-state index in [1.165, 1.54) is 18.4 Å². The summed E-state index contributed by atoms with van der Waals surface area (Å²) in [4.78, 5) is 2.27. The smallest absolute Gasteiger partial charge is 0.0175 e. The fourth-order valence-electron chi connectivity index (χ4n) is 1.98. The van der Waals surface area contributed by atoms with Crippen molar-refractivity contribution in [1.29, 1.82) is 0 Å². The average Bonchev–Trinajstić information content (AvgIpc) is 2.44. The summed E-state index contributed by atoms with van der Waals surface area (Å²) >= 11 is 0. The molecule has 14 heavy (non-hydrogen) atoms. The minimum absolute atomic E-state index is 0.706. The largest absolute Gasteiger partial charge is 0.381 e. The summed E-state index contributed by atoms with van der Waals surface area (Å²) in [6.07, 6.45) is 6.91. The van der Waals surface area contributed by atoms with Gasteiger partial charge in [-0.2, -0.15) is 0 Å². The Kier molecular flexibility index (Phi) is 2.87. The van der Waals surface area contributed by atoms with E-state index in [-0.39, 0.29) is 0 Å². The van der Waals surface area contributed by atoms with Gasteiger partial charge in [-0.3, -0.25) is 0 Å². The maximum Gasteiger partial charge on any atom is 0.0175 e. The van der Waals surface area contributed by atoms with Gasteiger partial charge in [-0.25, -0.2) is 0 Å². The maximum atomic E-state index is 2.28. The topological polar surface area (TPSA) is 3.24 Å². The molecule has 0 amide bonds. The summed E-state index contributed by atoms with van der Waals surface area (Å²) in [5.74, 6) is 0.706. The second kappa shape index (κ2) is 4.32. The van der Waals surface area contributed by atoms with E-state index in [1.807, 2.05) is 0 Å². The molecule has 0 fully saturated rings. The standard InChI is InChI=1S/C13H17N/c1-14-10-5-8-13(9-11-14)12-6-3-2-4-7-12/h2-7,10,13H,8-9,11H2,1H3. The monoisotopic (exact) mass is 187 g/mol. The van der Waals surface area contributed by atoms with Crippen LogP contribution in [-0.2, 0) is 0 Å². The van der Waals surface area contributed by atoms with Crippen molar-refractivity contribution in [3.8, 4) is 0 Å². The highest BCUT2D eigenvalue weighted by atomic mass is 15.1. The Hall–Kier alpha value is -1.24. The first-order valence-corrected chi connectivity index (χ1v) is 5.28. The third-order valence-electron chi connectivity index (χ3n) is 2.88. The Morgan fingerprint density at radius 2 is 2.00 bits per heavy atom. The lowest BCUT2D eigenvalue weighted by Gasteiger charge is -2.16. The van der Waals surface area contributed by atoms with Crippen molar-refractivity contribution in [1.82, 2.24) is 4.90 Å². The third-order valence-corrected chi connectivity index (χ3v) is 2.88. The second-order valence-electron chi connectivity index (χ2n) is 4.00. The SMILES string of the molecule is CN1C=CCC(c2ccccc2)CC1. The maximum absolute atomic E-state index is 2.28. The molecule has 0 N–H and O–H groups in total. The average molecular weight is 187 g/mol. The van der Waals surface area contributed by atoms with Gasteiger partial charge in [0.1, 0.15) is 0 Å². The quantitative estimate of drug-likeness (QED) is 0.653. The van der Waals surface area contributed by atoms with Crippen LogP contribution in [-0.4, -0.2) is 18.5 Å². The fourth-order valence-corrected chi connectivity index (χ4v) is 1.98. The van der Waals surface area contributed by atoms with E-state index in [0.29, 0.717) is 5.92 Å². The number of benzene rings is 1. The van der Waals surface area contributed by atoms with Crippen LogP contribution < -0.4 is 0 Å². The van der Waals surface area contributed by atoms with Gasteiger partial charge in [0.25, 0.3) is 0 Å². The van der Waals surface area contributed by atoms with E-state index in [1.54, 1.807) is 0 Å². The van der Waals surface area contributed by atoms with Crippen LogP contribution in [0.5, 0.6) is 0 Å². The molecular weight excluding hydrogens is 170 g/mol. The van der Waals surface area contributed by atoms with Crippen molar-refractivity contribution in [3.63, 3.8) is 0 Å². The van der Waals surface area contributed by atoms with Crippen LogP contribution in [0, 0.1) is 0 Å². The molecule has 1 heterocycles. The van der Waals surface area contributed by atoms with Crippen LogP contribution >= 0.6 is 0 Å². The first-order chi connectivity index (χ1) is 6.86. The molecule has 1 unspecified atom stereocenters. The molecule has 0 radical (unpaired) electrons. The first-order valence-electron chi connectivity index (χ1n) is 5.28. The molecule has 0 spiro atoms. The van der Waals surface area contributed by atoms with Crippen LogP contribution in [0.1, 0.15) is 24.3 Å². The van der Waals surface area contributed by atoms with Crippen LogP contribution in [0.2, 0.25) is 0 Å². The van der Waals surface area contributed by atoms with Crippen molar-refractivity contribution >= 4 is 0 Å². The minimum atomic E-state index is 0.706. The Bertz CT molecular complexity index is 302. The number of nitrogens with zero attached hydrogens (tertiary/aromatic N) is 1. The molecule has 1 aromatic carbocycles. The lowest BCUT2D eigenvalue weighted by Crippen LogP contribution is -2.12. The zero-order chi connectivity index (χ0) is 9.80. The van der Waals surface area contributed by atoms with E-state index < -0.39 is 0 Å². The van der Waals surface area contributed by atoms with Gasteiger partial charge in [0.15, 0.2) is 0 Å². The fraction of sp³-hybridized carbons (Fsp3) is 0.385. The molecule has 74 valence electrons. The molecule has 0 aromatic heterocycles. The number of hydrogen-bond acceptors (Lipinski definition) is 1. The van der Waals surface area contributed by atoms with Crippen LogP contribution in [0.25, 0.3) is 0 Å². The zero-order valence-corrected chi connectivity index (χ0v) is 8.69. The number of hydrogen-bond donors (Lipinski definition) is 0. The van der Waals surface area contributed by atoms with E-state index in [9.17, 15) is 0 Å². The van der Waals surface area contributed by atoms with E-state index >= 15 is 0 Å². The van der Waals surface area contributed by atoms with Gasteiger partial charge in [-0.05, 0) is 30.5 Å². The van der Waals surface area contributed by atoms with Crippen LogP contribution in [0.4, 0.5) is 0 Å². The highest BCUT2D eigenvalue weighted by Crippen LogP contribution is 2.25. The number of rotatable bonds is 1. The summed E-state index contributed by atoms with van der Waals surface area (Å²) in [5, 5.41) is 0. The molecule has 1 atom stereocenters. The molecule has 1 aromatic rings. The van der Waals surface area contributed by atoms with Gasteiger partial charge in [0.2, 0.25) is 0 Å². The van der Waals surface area contributed by atoms with Crippen molar-refractivity contribution in [2.75, 3.05) is 13.6 Å². The van der Waals surface area contributed by atoms with Crippen LogP contribution in [0.3, 0.4) is 0 Å². The number of allylic oxidation sites excluding steroid dienone is 1. The molecule has 1 nitrogen and oxygen atoms in total. The Balaban J connectivity index is 2.09. The molecule has 0 saturated heterocycles.